The van der Waals surface area contributed by atoms with Gasteiger partial charge in [-0.2, -0.15) is 0 Å². The Hall–Kier alpha value is 0.540. The van der Waals surface area contributed by atoms with E-state index in [1.165, 1.54) is 40.2 Å². The van der Waals surface area contributed by atoms with E-state index in [2.05, 4.69) is 31.0 Å². The minimum atomic E-state index is 0.379. The van der Waals surface area contributed by atoms with Gasteiger partial charge in [-0.3, -0.25) is 0 Å². The van der Waals surface area contributed by atoms with Crippen LogP contribution in [0, 0.1) is 5.41 Å². The molecule has 0 bridgehead atoms. The third kappa shape index (κ3) is 4.89. The Labute approximate surface area is 82.7 Å². The summed E-state index contributed by atoms with van der Waals surface area (Å²) in [5, 5.41) is 0. The summed E-state index contributed by atoms with van der Waals surface area (Å²) >= 11 is 1.18. The van der Waals surface area contributed by atoms with E-state index in [-0.39, 0.29) is 0 Å². The van der Waals surface area contributed by atoms with E-state index in [1.807, 2.05) is 0 Å². The summed E-state index contributed by atoms with van der Waals surface area (Å²) in [6, 6.07) is 0.593. The first kappa shape index (κ1) is 11.5. The van der Waals surface area contributed by atoms with Gasteiger partial charge < -0.3 is 0 Å². The van der Waals surface area contributed by atoms with Gasteiger partial charge in [0.25, 0.3) is 0 Å². The molecule has 2 heteroatoms. The molecule has 0 amide bonds. The van der Waals surface area contributed by atoms with E-state index >= 15 is 0 Å². The van der Waals surface area contributed by atoms with Crippen molar-refractivity contribution in [2.75, 3.05) is 0 Å². The van der Waals surface area contributed by atoms with Gasteiger partial charge in [0, 0.05) is 0 Å². The van der Waals surface area contributed by atoms with Gasteiger partial charge in [-0.1, -0.05) is 0 Å². The summed E-state index contributed by atoms with van der Waals surface area (Å²) in [6.45, 7) is 9.09. The summed E-state index contributed by atoms with van der Waals surface area (Å²) in [5.74, 6) is 0. The zero-order valence-corrected chi connectivity index (χ0v) is 11.3. The van der Waals surface area contributed by atoms with Crippen molar-refractivity contribution in [3.05, 3.63) is 0 Å². The van der Waals surface area contributed by atoms with Gasteiger partial charge in [-0.05, 0) is 0 Å². The molecule has 0 fully saturated rings. The molecular weight excluding hydrogens is 303 g/mol. The van der Waals surface area contributed by atoms with E-state index in [1.54, 1.807) is 0 Å². The van der Waals surface area contributed by atoms with Crippen LogP contribution in [-0.2, 0) is 20.9 Å². The summed E-state index contributed by atoms with van der Waals surface area (Å²) in [5.41, 5.74) is 0.379. The molecule has 0 aromatic carbocycles. The van der Waals surface area contributed by atoms with Crippen molar-refractivity contribution in [2.24, 2.45) is 8.75 Å². The summed E-state index contributed by atoms with van der Waals surface area (Å²) in [4.78, 5) is 0. The van der Waals surface area contributed by atoms with Crippen molar-refractivity contribution < 1.29 is 20.9 Å². The quantitative estimate of drug-likeness (QED) is 0.753. The Bertz CT molecular complexity index is 115. The molecule has 0 heterocycles. The summed E-state index contributed by atoms with van der Waals surface area (Å²) in [7, 11) is 0. The average Bonchev–Trinajstić information content (AvgIpc) is 1.87. The number of hydrogen-bond donors (Lipinski definition) is 0. The molecule has 0 aromatic heterocycles. The zero-order chi connectivity index (χ0) is 8.91. The predicted octanol–water partition coefficient (Wildman–Crippen LogP) is 3.32. The first-order valence-corrected chi connectivity index (χ1v) is 5.80. The molecule has 65 valence electrons. The van der Waals surface area contributed by atoms with Crippen LogP contribution < -0.4 is 0 Å². The standard InChI is InChI=1S/C9H19N.Ta/c1-5-6-7-8(10)9(2,3)4;/h8H,5-7H2,1-4H3;. The molecule has 11 heavy (non-hydrogen) atoms. The normalized spacial score (nSPS) is 14.5. The Balaban J connectivity index is 3.86. The van der Waals surface area contributed by atoms with Crippen molar-refractivity contribution in [3.8, 4) is 0 Å². The van der Waals surface area contributed by atoms with Crippen molar-refractivity contribution in [3.63, 3.8) is 0 Å². The van der Waals surface area contributed by atoms with Crippen molar-refractivity contribution in [1.82, 2.24) is 0 Å². The molecule has 0 aliphatic heterocycles. The van der Waals surface area contributed by atoms with E-state index in [0.29, 0.717) is 11.5 Å². The predicted molar refractivity (Wildman–Crippen MR) is 45.2 cm³/mol. The van der Waals surface area contributed by atoms with Gasteiger partial charge in [0.05, 0.1) is 0 Å². The van der Waals surface area contributed by atoms with Gasteiger partial charge in [-0.15, -0.1) is 0 Å². The molecule has 0 aliphatic carbocycles. The first-order chi connectivity index (χ1) is 5.02. The van der Waals surface area contributed by atoms with Crippen LogP contribution >= 0.6 is 0 Å². The molecule has 0 spiro atoms. The fourth-order valence-electron chi connectivity index (χ4n) is 1.06. The summed E-state index contributed by atoms with van der Waals surface area (Å²) in [6.07, 6.45) is 3.89. The topological polar surface area (TPSA) is 12.4 Å². The second-order valence-corrected chi connectivity index (χ2v) is 4.97. The maximum atomic E-state index is 4.51. The fraction of sp³-hybridized carbons (Fsp3) is 1.00. The maximum absolute atomic E-state index is 4.51. The number of nitrogens with zero attached hydrogens (tertiary/aromatic N) is 1. The van der Waals surface area contributed by atoms with E-state index in [0.717, 1.165) is 0 Å². The monoisotopic (exact) mass is 322 g/mol. The molecule has 0 rings (SSSR count). The van der Waals surface area contributed by atoms with Crippen molar-refractivity contribution >= 4 is 0 Å². The molecule has 0 radical (unpaired) electrons. The minimum absolute atomic E-state index is 0.379. The number of rotatable bonds is 4. The van der Waals surface area contributed by atoms with Crippen LogP contribution in [0.4, 0.5) is 0 Å². The van der Waals surface area contributed by atoms with Gasteiger partial charge in [-0.25, -0.2) is 0 Å². The fourth-order valence-corrected chi connectivity index (χ4v) is 2.72. The van der Waals surface area contributed by atoms with Gasteiger partial charge in [0.2, 0.25) is 0 Å². The summed E-state index contributed by atoms with van der Waals surface area (Å²) < 4.78 is 4.51. The van der Waals surface area contributed by atoms with Crippen LogP contribution in [0.25, 0.3) is 0 Å². The SMILES string of the molecule is CCCCC([N]=[Ta])C(C)(C)C. The third-order valence-corrected chi connectivity index (χ3v) is 2.97. The van der Waals surface area contributed by atoms with Crippen molar-refractivity contribution in [1.29, 1.82) is 0 Å². The molecule has 1 nitrogen and oxygen atoms in total. The van der Waals surface area contributed by atoms with Crippen LogP contribution in [0.3, 0.4) is 0 Å². The Morgan fingerprint density at radius 1 is 1.36 bits per heavy atom. The Morgan fingerprint density at radius 2 is 1.91 bits per heavy atom. The van der Waals surface area contributed by atoms with Gasteiger partial charge in [0.1, 0.15) is 0 Å². The van der Waals surface area contributed by atoms with Crippen molar-refractivity contribution in [2.45, 2.75) is 53.0 Å². The molecule has 0 saturated heterocycles. The van der Waals surface area contributed by atoms with E-state index in [4.69, 9.17) is 0 Å². The molecule has 1 unspecified atom stereocenters. The number of hydrogen-bond acceptors (Lipinski definition) is 1. The zero-order valence-electron chi connectivity index (χ0n) is 8.09. The first-order valence-electron chi connectivity index (χ1n) is 4.36. The van der Waals surface area contributed by atoms with Gasteiger partial charge >= 0.3 is 82.6 Å². The Morgan fingerprint density at radius 3 is 2.18 bits per heavy atom. The van der Waals surface area contributed by atoms with E-state index in [9.17, 15) is 0 Å². The van der Waals surface area contributed by atoms with Crippen LogP contribution in [0.5, 0.6) is 0 Å². The molecule has 0 N–H and O–H groups in total. The third-order valence-electron chi connectivity index (χ3n) is 1.97. The van der Waals surface area contributed by atoms with Crippen LogP contribution in [0.2, 0.25) is 0 Å². The second kappa shape index (κ2) is 5.23. The van der Waals surface area contributed by atoms with E-state index < -0.39 is 0 Å². The van der Waals surface area contributed by atoms with Crippen LogP contribution in [-0.4, -0.2) is 6.04 Å². The average molecular weight is 322 g/mol. The van der Waals surface area contributed by atoms with Crippen LogP contribution in [0.1, 0.15) is 47.0 Å². The molecular formula is C9H19NTa. The second-order valence-electron chi connectivity index (χ2n) is 4.14. The number of unbranched alkanes of at least 4 members (excludes halogenated alkanes) is 1. The molecule has 0 aromatic rings. The molecule has 1 atom stereocenters. The van der Waals surface area contributed by atoms with Crippen LogP contribution in [0.15, 0.2) is 3.34 Å². The molecule has 0 aliphatic rings. The Kier molecular flexibility index (Phi) is 5.49. The molecule has 0 saturated carbocycles. The van der Waals surface area contributed by atoms with Gasteiger partial charge in [0.15, 0.2) is 0 Å².